The van der Waals surface area contributed by atoms with Gasteiger partial charge in [0.1, 0.15) is 5.82 Å². The lowest BCUT2D eigenvalue weighted by Crippen LogP contribution is -2.38. The molecule has 1 aliphatic heterocycles. The van der Waals surface area contributed by atoms with Crippen LogP contribution in [0.1, 0.15) is 31.7 Å². The number of nitrogens with zero attached hydrogens (tertiary/aromatic N) is 2. The average Bonchev–Trinajstić information content (AvgIpc) is 2.82. The molecule has 1 aromatic carbocycles. The molecule has 1 aliphatic rings. The molecule has 0 saturated carbocycles. The van der Waals surface area contributed by atoms with Gasteiger partial charge in [-0.15, -0.1) is 0 Å². The summed E-state index contributed by atoms with van der Waals surface area (Å²) in [6.45, 7) is 3.74. The van der Waals surface area contributed by atoms with Crippen molar-refractivity contribution in [2.75, 3.05) is 31.9 Å². The van der Waals surface area contributed by atoms with Crippen LogP contribution in [-0.2, 0) is 21.2 Å². The van der Waals surface area contributed by atoms with Gasteiger partial charge in [0.05, 0.1) is 12.2 Å². The molecule has 0 unspecified atom stereocenters. The molecule has 1 saturated heterocycles. The minimum Gasteiger partial charge on any atom is -0.341 e. The van der Waals surface area contributed by atoms with E-state index in [0.29, 0.717) is 39.0 Å². The molecule has 0 aliphatic carbocycles. The number of carbonyl (C=O) groups is 1. The summed E-state index contributed by atoms with van der Waals surface area (Å²) in [7, 11) is -3.23. The standard InChI is InChI=1S/C17H25FN2O3S/c1-2-3-13-24(22,23)20-10-4-9-19(11-12-20)17(21)14-15-5-7-16(18)8-6-15/h5-8H,2-4,9-14H2,1H3. The zero-order chi connectivity index (χ0) is 17.6. The van der Waals surface area contributed by atoms with Crippen LogP contribution >= 0.6 is 0 Å². The second-order valence-electron chi connectivity index (χ2n) is 6.11. The molecule has 1 aromatic rings. The first-order chi connectivity index (χ1) is 11.4. The van der Waals surface area contributed by atoms with E-state index >= 15 is 0 Å². The molecule has 1 fully saturated rings. The molecule has 0 spiro atoms. The maximum Gasteiger partial charge on any atom is 0.227 e. The summed E-state index contributed by atoms with van der Waals surface area (Å²) in [6.07, 6.45) is 2.35. The highest BCUT2D eigenvalue weighted by molar-refractivity contribution is 7.89. The van der Waals surface area contributed by atoms with E-state index in [2.05, 4.69) is 0 Å². The third kappa shape index (κ3) is 5.27. The third-order valence-electron chi connectivity index (χ3n) is 4.23. The van der Waals surface area contributed by atoms with Gasteiger partial charge in [-0.05, 0) is 30.5 Å². The Labute approximate surface area is 143 Å². The molecule has 1 amide bonds. The van der Waals surface area contributed by atoms with Crippen molar-refractivity contribution in [3.8, 4) is 0 Å². The fourth-order valence-electron chi connectivity index (χ4n) is 2.77. The van der Waals surface area contributed by atoms with Crippen molar-refractivity contribution < 1.29 is 17.6 Å². The first-order valence-electron chi connectivity index (χ1n) is 8.42. The zero-order valence-corrected chi connectivity index (χ0v) is 14.9. The molecule has 2 rings (SSSR count). The van der Waals surface area contributed by atoms with E-state index < -0.39 is 10.0 Å². The number of hydrogen-bond acceptors (Lipinski definition) is 3. The Morgan fingerprint density at radius 2 is 1.83 bits per heavy atom. The van der Waals surface area contributed by atoms with Gasteiger partial charge in [0.15, 0.2) is 0 Å². The molecule has 5 nitrogen and oxygen atoms in total. The Balaban J connectivity index is 1.92. The molecule has 0 aromatic heterocycles. The van der Waals surface area contributed by atoms with Gasteiger partial charge in [-0.1, -0.05) is 25.5 Å². The predicted octanol–water partition coefficient (Wildman–Crippen LogP) is 2.03. The number of rotatable bonds is 6. The first kappa shape index (κ1) is 18.9. The van der Waals surface area contributed by atoms with Crippen molar-refractivity contribution in [3.05, 3.63) is 35.6 Å². The van der Waals surface area contributed by atoms with Gasteiger partial charge in [-0.25, -0.2) is 17.1 Å². The highest BCUT2D eigenvalue weighted by Crippen LogP contribution is 2.12. The van der Waals surface area contributed by atoms with Crippen LogP contribution in [0.25, 0.3) is 0 Å². The van der Waals surface area contributed by atoms with E-state index in [1.54, 1.807) is 17.0 Å². The van der Waals surface area contributed by atoms with Crippen LogP contribution in [0, 0.1) is 5.82 Å². The van der Waals surface area contributed by atoms with E-state index in [4.69, 9.17) is 0 Å². The Morgan fingerprint density at radius 1 is 1.12 bits per heavy atom. The Kier molecular flexibility index (Phi) is 6.74. The van der Waals surface area contributed by atoms with Crippen molar-refractivity contribution in [1.29, 1.82) is 0 Å². The lowest BCUT2D eigenvalue weighted by atomic mass is 10.1. The summed E-state index contributed by atoms with van der Waals surface area (Å²) in [5.74, 6) is -0.198. The number of benzene rings is 1. The summed E-state index contributed by atoms with van der Waals surface area (Å²) in [6, 6.07) is 5.89. The molecule has 24 heavy (non-hydrogen) atoms. The van der Waals surface area contributed by atoms with Crippen molar-refractivity contribution in [2.24, 2.45) is 0 Å². The van der Waals surface area contributed by atoms with E-state index in [1.165, 1.54) is 16.4 Å². The highest BCUT2D eigenvalue weighted by atomic mass is 32.2. The normalized spacial score (nSPS) is 16.8. The maximum atomic E-state index is 12.9. The zero-order valence-electron chi connectivity index (χ0n) is 14.1. The van der Waals surface area contributed by atoms with Gasteiger partial charge in [-0.2, -0.15) is 0 Å². The molecule has 0 bridgehead atoms. The van der Waals surface area contributed by atoms with Crippen molar-refractivity contribution in [2.45, 2.75) is 32.6 Å². The van der Waals surface area contributed by atoms with Crippen LogP contribution in [0.15, 0.2) is 24.3 Å². The smallest absolute Gasteiger partial charge is 0.227 e. The number of hydrogen-bond donors (Lipinski definition) is 0. The first-order valence-corrected chi connectivity index (χ1v) is 10.0. The molecular formula is C17H25FN2O3S. The fraction of sp³-hybridized carbons (Fsp3) is 0.588. The number of amides is 1. The number of unbranched alkanes of at least 4 members (excludes halogenated alkanes) is 1. The number of sulfonamides is 1. The van der Waals surface area contributed by atoms with E-state index in [1.807, 2.05) is 6.92 Å². The SMILES string of the molecule is CCCCS(=O)(=O)N1CCCN(C(=O)Cc2ccc(F)cc2)CC1. The molecular weight excluding hydrogens is 331 g/mol. The van der Waals surface area contributed by atoms with Crippen molar-refractivity contribution in [1.82, 2.24) is 9.21 Å². The van der Waals surface area contributed by atoms with Crippen LogP contribution in [0.3, 0.4) is 0 Å². The average molecular weight is 356 g/mol. The van der Waals surface area contributed by atoms with Gasteiger partial charge in [0, 0.05) is 26.2 Å². The quantitative estimate of drug-likeness (QED) is 0.784. The van der Waals surface area contributed by atoms with E-state index in [0.717, 1.165) is 12.0 Å². The maximum absolute atomic E-state index is 12.9. The van der Waals surface area contributed by atoms with E-state index in [9.17, 15) is 17.6 Å². The van der Waals surface area contributed by atoms with Gasteiger partial charge < -0.3 is 4.90 Å². The second kappa shape index (κ2) is 8.58. The van der Waals surface area contributed by atoms with Crippen LogP contribution in [0.4, 0.5) is 4.39 Å². The second-order valence-corrected chi connectivity index (χ2v) is 8.19. The Bertz CT molecular complexity index is 646. The molecule has 7 heteroatoms. The molecule has 134 valence electrons. The van der Waals surface area contributed by atoms with Crippen LogP contribution in [-0.4, -0.2) is 55.5 Å². The Hall–Kier alpha value is -1.47. The molecule has 0 N–H and O–H groups in total. The van der Waals surface area contributed by atoms with Crippen molar-refractivity contribution >= 4 is 15.9 Å². The highest BCUT2D eigenvalue weighted by Gasteiger charge is 2.26. The number of carbonyl (C=O) groups excluding carboxylic acids is 1. The number of halogens is 1. The van der Waals surface area contributed by atoms with Crippen LogP contribution in [0.2, 0.25) is 0 Å². The topological polar surface area (TPSA) is 57.7 Å². The minimum absolute atomic E-state index is 0.0468. The summed E-state index contributed by atoms with van der Waals surface area (Å²) in [5, 5.41) is 0. The van der Waals surface area contributed by atoms with Gasteiger partial charge in [0.25, 0.3) is 0 Å². The lowest BCUT2D eigenvalue weighted by molar-refractivity contribution is -0.130. The van der Waals surface area contributed by atoms with Crippen LogP contribution < -0.4 is 0 Å². The van der Waals surface area contributed by atoms with E-state index in [-0.39, 0.29) is 23.9 Å². The predicted molar refractivity (Wildman–Crippen MR) is 91.6 cm³/mol. The molecule has 1 heterocycles. The van der Waals surface area contributed by atoms with Gasteiger partial charge >= 0.3 is 0 Å². The molecule has 0 radical (unpaired) electrons. The summed E-state index contributed by atoms with van der Waals surface area (Å²) < 4.78 is 39.0. The molecule has 0 atom stereocenters. The van der Waals surface area contributed by atoms with Crippen molar-refractivity contribution in [3.63, 3.8) is 0 Å². The monoisotopic (exact) mass is 356 g/mol. The summed E-state index contributed by atoms with van der Waals surface area (Å²) in [5.41, 5.74) is 0.762. The third-order valence-corrected chi connectivity index (χ3v) is 6.18. The fourth-order valence-corrected chi connectivity index (χ4v) is 4.44. The lowest BCUT2D eigenvalue weighted by Gasteiger charge is -2.22. The van der Waals surface area contributed by atoms with Crippen LogP contribution in [0.5, 0.6) is 0 Å². The van der Waals surface area contributed by atoms with Gasteiger partial charge in [0.2, 0.25) is 15.9 Å². The largest absolute Gasteiger partial charge is 0.341 e. The van der Waals surface area contributed by atoms with Gasteiger partial charge in [-0.3, -0.25) is 4.79 Å². The minimum atomic E-state index is -3.23. The summed E-state index contributed by atoms with van der Waals surface area (Å²) >= 11 is 0. The summed E-state index contributed by atoms with van der Waals surface area (Å²) in [4.78, 5) is 14.1. The Morgan fingerprint density at radius 3 is 2.50 bits per heavy atom.